The molecule has 2 N–H and O–H groups in total. The van der Waals surface area contributed by atoms with Crippen LogP contribution in [0.15, 0.2) is 12.1 Å². The van der Waals surface area contributed by atoms with Crippen LogP contribution in [0.1, 0.15) is 73.5 Å². The van der Waals surface area contributed by atoms with Crippen LogP contribution in [0.4, 0.5) is 0 Å². The molecular weight excluding hydrogens is 450 g/mol. The van der Waals surface area contributed by atoms with Gasteiger partial charge in [-0.3, -0.25) is 24.5 Å². The lowest BCUT2D eigenvalue weighted by atomic mass is 9.97. The highest BCUT2D eigenvalue weighted by atomic mass is 16.6. The molecule has 3 heterocycles. The van der Waals surface area contributed by atoms with Gasteiger partial charge in [0.25, 0.3) is 5.91 Å². The van der Waals surface area contributed by atoms with Crippen molar-refractivity contribution in [1.29, 1.82) is 0 Å². The number of esters is 1. The van der Waals surface area contributed by atoms with Crippen molar-refractivity contribution in [2.75, 3.05) is 13.1 Å². The maximum Gasteiger partial charge on any atom is 0.309 e. The first-order valence-corrected chi connectivity index (χ1v) is 12.0. The Kier molecular flexibility index (Phi) is 6.86. The van der Waals surface area contributed by atoms with Gasteiger partial charge in [0.1, 0.15) is 11.6 Å². The quantitative estimate of drug-likeness (QED) is 0.380. The third-order valence-corrected chi connectivity index (χ3v) is 6.48. The molecule has 3 aliphatic rings. The number of amides is 3. The van der Waals surface area contributed by atoms with E-state index in [2.05, 4.69) is 17.3 Å². The molecule has 0 aromatic heterocycles. The molecule has 9 nitrogen and oxygen atoms in total. The Morgan fingerprint density at radius 3 is 2.51 bits per heavy atom. The van der Waals surface area contributed by atoms with E-state index < -0.39 is 17.6 Å². The highest BCUT2D eigenvalue weighted by molar-refractivity contribution is 6.05. The summed E-state index contributed by atoms with van der Waals surface area (Å²) >= 11 is 0. The maximum atomic E-state index is 13.1. The molecule has 186 valence electrons. The van der Waals surface area contributed by atoms with E-state index in [-0.39, 0.29) is 49.7 Å². The lowest BCUT2D eigenvalue weighted by molar-refractivity contribution is -0.161. The van der Waals surface area contributed by atoms with Crippen molar-refractivity contribution in [2.24, 2.45) is 5.92 Å². The Hall–Kier alpha value is -3.38. The van der Waals surface area contributed by atoms with E-state index in [1.54, 1.807) is 12.1 Å². The summed E-state index contributed by atoms with van der Waals surface area (Å²) in [7, 11) is 0. The van der Waals surface area contributed by atoms with E-state index in [0.29, 0.717) is 48.2 Å². The largest absolute Gasteiger partial charge is 0.460 e. The van der Waals surface area contributed by atoms with Crippen LogP contribution in [-0.4, -0.2) is 63.3 Å². The van der Waals surface area contributed by atoms with Crippen molar-refractivity contribution in [3.63, 3.8) is 0 Å². The zero-order valence-corrected chi connectivity index (χ0v) is 20.3. The number of nitrogens with one attached hydrogen (secondary N) is 1. The van der Waals surface area contributed by atoms with E-state index in [4.69, 9.17) is 4.74 Å². The summed E-state index contributed by atoms with van der Waals surface area (Å²) in [4.78, 5) is 52.8. The molecule has 2 saturated heterocycles. The molecule has 4 rings (SSSR count). The number of hydrogen-bond donors (Lipinski definition) is 2. The summed E-state index contributed by atoms with van der Waals surface area (Å²) in [5.41, 5.74) is 1.83. The number of aliphatic hydroxyl groups is 1. The van der Waals surface area contributed by atoms with Gasteiger partial charge in [-0.2, -0.15) is 0 Å². The van der Waals surface area contributed by atoms with E-state index in [1.807, 2.05) is 25.7 Å². The van der Waals surface area contributed by atoms with Crippen LogP contribution in [0.2, 0.25) is 0 Å². The second-order valence-corrected chi connectivity index (χ2v) is 10.3. The van der Waals surface area contributed by atoms with Crippen molar-refractivity contribution in [2.45, 2.75) is 71.2 Å². The van der Waals surface area contributed by atoms with Gasteiger partial charge in [0.2, 0.25) is 11.8 Å². The minimum absolute atomic E-state index is 0.144. The predicted molar refractivity (Wildman–Crippen MR) is 125 cm³/mol. The number of rotatable bonds is 3. The first kappa shape index (κ1) is 24.7. The van der Waals surface area contributed by atoms with Crippen molar-refractivity contribution in [1.82, 2.24) is 15.1 Å². The number of piperidine rings is 2. The monoisotopic (exact) mass is 481 g/mol. The Morgan fingerprint density at radius 1 is 1.17 bits per heavy atom. The molecule has 2 fully saturated rings. The lowest BCUT2D eigenvalue weighted by Gasteiger charge is -2.30. The number of carbonyl (C=O) groups excluding carboxylic acids is 4. The molecule has 0 spiro atoms. The molecule has 3 aliphatic heterocycles. The van der Waals surface area contributed by atoms with Crippen LogP contribution < -0.4 is 5.32 Å². The normalized spacial score (nSPS) is 20.8. The second kappa shape index (κ2) is 9.70. The standard InChI is InChI=1S/C26H31N3O6/c1-26(2,3)35-25(34)17-6-9-28(10-7-17)11-8-18-12-16(15-30)13-19-20(18)14-29(24(19)33)21-4-5-22(31)27-23(21)32/h12-13,17,21,30H,4-7,9-10,14-15H2,1-3H3,(H,27,31,32). The van der Waals surface area contributed by atoms with Crippen molar-refractivity contribution in [3.8, 4) is 12.0 Å². The number of hydrogen-bond acceptors (Lipinski definition) is 7. The fourth-order valence-corrected chi connectivity index (χ4v) is 4.68. The average molecular weight is 482 g/mol. The van der Waals surface area contributed by atoms with Gasteiger partial charge in [-0.25, -0.2) is 0 Å². The third-order valence-electron chi connectivity index (χ3n) is 6.48. The number of likely N-dealkylation sites (tertiary alicyclic amines) is 1. The molecular formula is C26H31N3O6. The fraction of sp³-hybridized carbons (Fsp3) is 0.538. The second-order valence-electron chi connectivity index (χ2n) is 10.3. The zero-order valence-electron chi connectivity index (χ0n) is 20.3. The lowest BCUT2D eigenvalue weighted by Crippen LogP contribution is -2.52. The van der Waals surface area contributed by atoms with Gasteiger partial charge in [0.05, 0.1) is 12.5 Å². The van der Waals surface area contributed by atoms with Crippen molar-refractivity contribution >= 4 is 23.7 Å². The van der Waals surface area contributed by atoms with Crippen LogP contribution in [0, 0.1) is 17.9 Å². The number of nitrogens with zero attached hydrogens (tertiary/aromatic N) is 2. The van der Waals surface area contributed by atoms with Crippen molar-refractivity contribution < 1.29 is 29.0 Å². The molecule has 0 aliphatic carbocycles. The number of carbonyl (C=O) groups is 4. The van der Waals surface area contributed by atoms with Gasteiger partial charge in [0, 0.05) is 43.2 Å². The van der Waals surface area contributed by atoms with Gasteiger partial charge in [-0.1, -0.05) is 0 Å². The number of aliphatic hydroxyl groups excluding tert-OH is 1. The molecule has 9 heteroatoms. The molecule has 1 atom stereocenters. The molecule has 0 radical (unpaired) electrons. The van der Waals surface area contributed by atoms with E-state index in [1.165, 1.54) is 4.90 Å². The molecule has 0 bridgehead atoms. The summed E-state index contributed by atoms with van der Waals surface area (Å²) in [6.07, 6.45) is 1.77. The predicted octanol–water partition coefficient (Wildman–Crippen LogP) is 1.30. The Bertz CT molecular complexity index is 1120. The van der Waals surface area contributed by atoms with E-state index >= 15 is 0 Å². The summed E-state index contributed by atoms with van der Waals surface area (Å²) in [6.45, 7) is 6.80. The third kappa shape index (κ3) is 5.49. The van der Waals surface area contributed by atoms with Gasteiger partial charge < -0.3 is 19.6 Å². The van der Waals surface area contributed by atoms with Crippen LogP contribution in [-0.2, 0) is 32.3 Å². The topological polar surface area (TPSA) is 116 Å². The van der Waals surface area contributed by atoms with Gasteiger partial charge >= 0.3 is 5.97 Å². The molecule has 35 heavy (non-hydrogen) atoms. The summed E-state index contributed by atoms with van der Waals surface area (Å²) in [5, 5.41) is 12.0. The Balaban J connectivity index is 1.49. The summed E-state index contributed by atoms with van der Waals surface area (Å²) in [5.74, 6) is 1.73. The molecule has 0 saturated carbocycles. The minimum Gasteiger partial charge on any atom is -0.460 e. The number of fused-ring (bicyclic) bond motifs is 1. The van der Waals surface area contributed by atoms with Gasteiger partial charge in [-0.05, 0) is 69.2 Å². The molecule has 3 amide bonds. The van der Waals surface area contributed by atoms with Crippen LogP contribution >= 0.6 is 0 Å². The first-order valence-electron chi connectivity index (χ1n) is 12.0. The molecule has 1 aromatic rings. The average Bonchev–Trinajstić information content (AvgIpc) is 3.13. The number of ether oxygens (including phenoxy) is 1. The van der Waals surface area contributed by atoms with Gasteiger partial charge in [-0.15, -0.1) is 0 Å². The van der Waals surface area contributed by atoms with Crippen molar-refractivity contribution in [3.05, 3.63) is 34.4 Å². The van der Waals surface area contributed by atoms with Crippen LogP contribution in [0.25, 0.3) is 0 Å². The highest BCUT2D eigenvalue weighted by Gasteiger charge is 2.40. The zero-order chi connectivity index (χ0) is 25.3. The SMILES string of the molecule is CC(C)(C)OC(=O)C1CCN(C#Cc2cc(CO)cc3c2CN(C2CCC(=O)NC2=O)C3=O)CC1. The van der Waals surface area contributed by atoms with Crippen LogP contribution in [0.3, 0.4) is 0 Å². The highest BCUT2D eigenvalue weighted by Crippen LogP contribution is 2.31. The summed E-state index contributed by atoms with van der Waals surface area (Å²) < 4.78 is 5.50. The van der Waals surface area contributed by atoms with E-state index in [0.717, 1.165) is 0 Å². The minimum atomic E-state index is -0.710. The van der Waals surface area contributed by atoms with E-state index in [9.17, 15) is 24.3 Å². The first-order chi connectivity index (χ1) is 16.6. The maximum absolute atomic E-state index is 13.1. The number of benzene rings is 1. The smallest absolute Gasteiger partial charge is 0.309 e. The Morgan fingerprint density at radius 2 is 1.89 bits per heavy atom. The molecule has 1 aromatic carbocycles. The fourth-order valence-electron chi connectivity index (χ4n) is 4.68. The molecule has 1 unspecified atom stereocenters. The summed E-state index contributed by atoms with van der Waals surface area (Å²) in [6, 6.07) is 5.84. The van der Waals surface area contributed by atoms with Gasteiger partial charge in [0.15, 0.2) is 0 Å². The Labute approximate surface area is 204 Å². The van der Waals surface area contributed by atoms with Crippen LogP contribution in [0.5, 0.6) is 0 Å². The number of imide groups is 1.